The van der Waals surface area contributed by atoms with Crippen molar-refractivity contribution in [1.29, 1.82) is 0 Å². The third kappa shape index (κ3) is 1.80. The van der Waals surface area contributed by atoms with Crippen LogP contribution in [-0.4, -0.2) is 21.9 Å². The predicted molar refractivity (Wildman–Crippen MR) is 43.1 cm³/mol. The van der Waals surface area contributed by atoms with Gasteiger partial charge in [-0.15, -0.1) is 11.6 Å². The Bertz CT molecular complexity index is 257. The highest BCUT2D eigenvalue weighted by Gasteiger charge is 2.01. The van der Waals surface area contributed by atoms with Crippen molar-refractivity contribution >= 4 is 17.9 Å². The molecule has 0 saturated carbocycles. The van der Waals surface area contributed by atoms with E-state index in [1.807, 2.05) is 0 Å². The van der Waals surface area contributed by atoms with Crippen LogP contribution in [0.1, 0.15) is 16.1 Å². The summed E-state index contributed by atoms with van der Waals surface area (Å²) in [6.07, 6.45) is 2.50. The lowest BCUT2D eigenvalue weighted by Crippen LogP contribution is -1.99. The molecule has 3 nitrogen and oxygen atoms in total. The maximum atomic E-state index is 10.4. The third-order valence-electron chi connectivity index (χ3n) is 1.42. The number of alkyl halides is 1. The number of nitrogens with zero attached hydrogens (tertiary/aromatic N) is 2. The Kier molecular flexibility index (Phi) is 2.65. The summed E-state index contributed by atoms with van der Waals surface area (Å²) in [6, 6.07) is 0. The van der Waals surface area contributed by atoms with Crippen molar-refractivity contribution in [3.8, 4) is 0 Å². The molecule has 1 aromatic rings. The highest BCUT2D eigenvalue weighted by atomic mass is 35.5. The second-order valence-electron chi connectivity index (χ2n) is 2.24. The zero-order valence-corrected chi connectivity index (χ0v) is 7.01. The van der Waals surface area contributed by atoms with E-state index in [-0.39, 0.29) is 0 Å². The molecule has 0 fully saturated rings. The number of carbonyl (C=O) groups excluding carboxylic acids is 1. The van der Waals surface area contributed by atoms with Crippen LogP contribution < -0.4 is 0 Å². The average molecular weight is 173 g/mol. The van der Waals surface area contributed by atoms with Crippen molar-refractivity contribution in [3.05, 3.63) is 17.5 Å². The van der Waals surface area contributed by atoms with E-state index in [0.717, 1.165) is 12.0 Å². The summed E-state index contributed by atoms with van der Waals surface area (Å²) in [4.78, 5) is 10.4. The fourth-order valence-corrected chi connectivity index (χ4v) is 1.02. The van der Waals surface area contributed by atoms with Gasteiger partial charge in [-0.1, -0.05) is 0 Å². The number of rotatable bonds is 3. The van der Waals surface area contributed by atoms with Crippen molar-refractivity contribution in [3.63, 3.8) is 0 Å². The molecule has 0 amide bonds. The second-order valence-corrected chi connectivity index (χ2v) is 2.62. The molecular formula is C7H9ClN2O. The molecule has 0 N–H and O–H groups in total. The Morgan fingerprint density at radius 2 is 2.55 bits per heavy atom. The van der Waals surface area contributed by atoms with Crippen LogP contribution in [0.4, 0.5) is 0 Å². The van der Waals surface area contributed by atoms with E-state index in [2.05, 4.69) is 5.10 Å². The van der Waals surface area contributed by atoms with Crippen molar-refractivity contribution in [1.82, 2.24) is 9.78 Å². The predicted octanol–water partition coefficient (Wildman–Crippen LogP) is 1.24. The number of aldehydes is 1. The molecule has 0 aliphatic rings. The summed E-state index contributed by atoms with van der Waals surface area (Å²) >= 11 is 5.49. The normalized spacial score (nSPS) is 10.0. The molecule has 0 bridgehead atoms. The van der Waals surface area contributed by atoms with Gasteiger partial charge >= 0.3 is 0 Å². The summed E-state index contributed by atoms with van der Waals surface area (Å²) in [7, 11) is 0. The average Bonchev–Trinajstić information content (AvgIpc) is 2.32. The van der Waals surface area contributed by atoms with Crippen LogP contribution in [0.3, 0.4) is 0 Å². The van der Waals surface area contributed by atoms with E-state index in [9.17, 15) is 4.79 Å². The van der Waals surface area contributed by atoms with Crippen LogP contribution in [0, 0.1) is 6.92 Å². The first-order valence-electron chi connectivity index (χ1n) is 3.33. The molecule has 0 aromatic carbocycles. The molecule has 0 unspecified atom stereocenters. The van der Waals surface area contributed by atoms with Gasteiger partial charge < -0.3 is 0 Å². The van der Waals surface area contributed by atoms with Crippen LogP contribution in [0.5, 0.6) is 0 Å². The number of carbonyl (C=O) groups is 1. The van der Waals surface area contributed by atoms with Gasteiger partial charge in [0.15, 0.2) is 6.29 Å². The van der Waals surface area contributed by atoms with Gasteiger partial charge in [0.1, 0.15) is 0 Å². The topological polar surface area (TPSA) is 34.9 Å². The van der Waals surface area contributed by atoms with Crippen molar-refractivity contribution in [2.24, 2.45) is 0 Å². The monoisotopic (exact) mass is 172 g/mol. The minimum Gasteiger partial charge on any atom is -0.298 e. The lowest BCUT2D eigenvalue weighted by molar-refractivity contribution is 0.112. The van der Waals surface area contributed by atoms with Crippen LogP contribution in [0.25, 0.3) is 0 Å². The number of aromatic nitrogens is 2. The Morgan fingerprint density at radius 1 is 1.82 bits per heavy atom. The van der Waals surface area contributed by atoms with E-state index < -0.39 is 0 Å². The Labute approximate surface area is 70.0 Å². The van der Waals surface area contributed by atoms with Gasteiger partial charge in [-0.25, -0.2) is 0 Å². The first-order valence-corrected chi connectivity index (χ1v) is 3.86. The molecule has 1 heterocycles. The number of hydrogen-bond donors (Lipinski definition) is 0. The van der Waals surface area contributed by atoms with E-state index >= 15 is 0 Å². The maximum absolute atomic E-state index is 10.4. The zero-order chi connectivity index (χ0) is 8.27. The molecular weight excluding hydrogens is 164 g/mol. The summed E-state index contributed by atoms with van der Waals surface area (Å²) in [5.41, 5.74) is 1.39. The Morgan fingerprint density at radius 3 is 3.00 bits per heavy atom. The van der Waals surface area contributed by atoms with Gasteiger partial charge in [0.25, 0.3) is 0 Å². The molecule has 0 aliphatic heterocycles. The van der Waals surface area contributed by atoms with Crippen molar-refractivity contribution in [2.75, 3.05) is 5.88 Å². The smallest absolute Gasteiger partial charge is 0.153 e. The molecule has 0 spiro atoms. The highest BCUT2D eigenvalue weighted by Crippen LogP contribution is 2.01. The molecule has 0 atom stereocenters. The summed E-state index contributed by atoms with van der Waals surface area (Å²) < 4.78 is 1.67. The van der Waals surface area contributed by atoms with E-state index in [1.165, 1.54) is 0 Å². The van der Waals surface area contributed by atoms with Crippen LogP contribution in [0.15, 0.2) is 6.20 Å². The third-order valence-corrected chi connectivity index (χ3v) is 1.59. The molecule has 60 valence electrons. The molecule has 0 radical (unpaired) electrons. The van der Waals surface area contributed by atoms with Crippen LogP contribution in [-0.2, 0) is 6.54 Å². The fraction of sp³-hybridized carbons (Fsp3) is 0.429. The second kappa shape index (κ2) is 3.53. The van der Waals surface area contributed by atoms with Crippen LogP contribution in [0.2, 0.25) is 0 Å². The summed E-state index contributed by atoms with van der Waals surface area (Å²) in [6.45, 7) is 2.45. The molecule has 0 saturated heterocycles. The van der Waals surface area contributed by atoms with Gasteiger partial charge in [0, 0.05) is 12.1 Å². The minimum absolute atomic E-state index is 0.513. The first-order chi connectivity index (χ1) is 5.27. The van der Waals surface area contributed by atoms with Gasteiger partial charge in [-0.3, -0.25) is 9.48 Å². The molecule has 1 aromatic heterocycles. The zero-order valence-electron chi connectivity index (χ0n) is 6.25. The molecule has 11 heavy (non-hydrogen) atoms. The minimum atomic E-state index is 0.513. The molecule has 1 rings (SSSR count). The summed E-state index contributed by atoms with van der Waals surface area (Å²) in [5, 5.41) is 4.07. The van der Waals surface area contributed by atoms with Gasteiger partial charge in [-0.05, 0) is 6.92 Å². The lowest BCUT2D eigenvalue weighted by Gasteiger charge is -1.92. The van der Waals surface area contributed by atoms with Gasteiger partial charge in [-0.2, -0.15) is 5.10 Å². The number of halogens is 1. The summed E-state index contributed by atoms with van der Waals surface area (Å²) in [5.74, 6) is 0.513. The standard InChI is InChI=1S/C7H9ClN2O/c1-6-7(5-11)4-10(9-6)3-2-8/h4-5H,2-3H2,1H3. The number of hydrogen-bond acceptors (Lipinski definition) is 2. The van der Waals surface area contributed by atoms with Crippen molar-refractivity contribution < 1.29 is 4.79 Å². The van der Waals surface area contributed by atoms with Crippen LogP contribution >= 0.6 is 11.6 Å². The Hall–Kier alpha value is -0.830. The van der Waals surface area contributed by atoms with E-state index in [1.54, 1.807) is 17.8 Å². The Balaban J connectivity index is 2.86. The highest BCUT2D eigenvalue weighted by molar-refractivity contribution is 6.17. The largest absolute Gasteiger partial charge is 0.298 e. The fourth-order valence-electron chi connectivity index (χ4n) is 0.850. The van der Waals surface area contributed by atoms with E-state index in [0.29, 0.717) is 18.0 Å². The van der Waals surface area contributed by atoms with Crippen molar-refractivity contribution in [2.45, 2.75) is 13.5 Å². The van der Waals surface area contributed by atoms with E-state index in [4.69, 9.17) is 11.6 Å². The molecule has 0 aliphatic carbocycles. The quantitative estimate of drug-likeness (QED) is 0.508. The number of aryl methyl sites for hydroxylation is 2. The SMILES string of the molecule is Cc1nn(CCCl)cc1C=O. The van der Waals surface area contributed by atoms with Gasteiger partial charge in [0.05, 0.1) is 17.8 Å². The van der Waals surface area contributed by atoms with Gasteiger partial charge in [0.2, 0.25) is 0 Å². The lowest BCUT2D eigenvalue weighted by atomic mass is 10.3. The first kappa shape index (κ1) is 8.27. The maximum Gasteiger partial charge on any atom is 0.153 e. The molecule has 4 heteroatoms.